The van der Waals surface area contributed by atoms with Crippen molar-refractivity contribution in [3.63, 3.8) is 0 Å². The Morgan fingerprint density at radius 3 is 3.06 bits per heavy atom. The van der Waals surface area contributed by atoms with Crippen LogP contribution < -0.4 is 5.32 Å². The van der Waals surface area contributed by atoms with Crippen LogP contribution in [0.5, 0.6) is 0 Å². The first kappa shape index (κ1) is 11.4. The topological polar surface area (TPSA) is 83.8 Å². The molecule has 6 nitrogen and oxygen atoms in total. The van der Waals surface area contributed by atoms with E-state index in [2.05, 4.69) is 20.3 Å². The van der Waals surface area contributed by atoms with Crippen molar-refractivity contribution < 1.29 is 9.21 Å². The van der Waals surface area contributed by atoms with Crippen LogP contribution in [-0.2, 0) is 6.42 Å². The van der Waals surface area contributed by atoms with Gasteiger partial charge in [-0.2, -0.15) is 0 Å². The Morgan fingerprint density at radius 1 is 1.53 bits per heavy atom. The van der Waals surface area contributed by atoms with Crippen LogP contribution in [0.4, 0.5) is 0 Å². The minimum Gasteiger partial charge on any atom is -0.438 e. The highest BCUT2D eigenvalue weighted by atomic mass is 16.3. The summed E-state index contributed by atoms with van der Waals surface area (Å²) in [4.78, 5) is 22.6. The lowest BCUT2D eigenvalue weighted by Gasteiger charge is -2.02. The average Bonchev–Trinajstić information content (AvgIpc) is 2.95. The lowest BCUT2D eigenvalue weighted by atomic mass is 10.3. The van der Waals surface area contributed by atoms with E-state index in [9.17, 15) is 4.79 Å². The van der Waals surface area contributed by atoms with E-state index in [-0.39, 0.29) is 11.7 Å². The zero-order valence-corrected chi connectivity index (χ0v) is 9.56. The first-order chi connectivity index (χ1) is 8.27. The van der Waals surface area contributed by atoms with Crippen molar-refractivity contribution in [3.05, 3.63) is 36.1 Å². The Labute approximate surface area is 98.5 Å². The number of carbonyl (C=O) groups is 1. The quantitative estimate of drug-likeness (QED) is 0.758. The highest BCUT2D eigenvalue weighted by molar-refractivity contribution is 5.92. The number of imidazole rings is 1. The Hall–Kier alpha value is -2.11. The summed E-state index contributed by atoms with van der Waals surface area (Å²) in [5.41, 5.74) is 0.605. The molecule has 17 heavy (non-hydrogen) atoms. The molecule has 2 rings (SSSR count). The molecule has 0 radical (unpaired) electrons. The third kappa shape index (κ3) is 2.93. The molecule has 0 spiro atoms. The van der Waals surface area contributed by atoms with Crippen molar-refractivity contribution in [3.8, 4) is 0 Å². The SMILES string of the molecule is Cc1ncoc1C(=O)NCCCc1ncc[nH]1. The van der Waals surface area contributed by atoms with Crippen LogP contribution in [0.2, 0.25) is 0 Å². The summed E-state index contributed by atoms with van der Waals surface area (Å²) < 4.78 is 4.99. The summed E-state index contributed by atoms with van der Waals surface area (Å²) in [6.07, 6.45) is 6.40. The molecule has 0 fully saturated rings. The summed E-state index contributed by atoms with van der Waals surface area (Å²) in [5.74, 6) is 0.984. The van der Waals surface area contributed by atoms with Crippen LogP contribution >= 0.6 is 0 Å². The summed E-state index contributed by atoms with van der Waals surface area (Å²) in [5, 5.41) is 2.77. The van der Waals surface area contributed by atoms with Gasteiger partial charge < -0.3 is 14.7 Å². The van der Waals surface area contributed by atoms with Crippen LogP contribution in [0.1, 0.15) is 28.5 Å². The first-order valence-electron chi connectivity index (χ1n) is 5.44. The highest BCUT2D eigenvalue weighted by Gasteiger charge is 2.12. The van der Waals surface area contributed by atoms with Crippen LogP contribution in [0, 0.1) is 6.92 Å². The van der Waals surface area contributed by atoms with Crippen LogP contribution in [0.25, 0.3) is 0 Å². The molecular weight excluding hydrogens is 220 g/mol. The molecular formula is C11H14N4O2. The average molecular weight is 234 g/mol. The number of hydrogen-bond donors (Lipinski definition) is 2. The number of rotatable bonds is 5. The standard InChI is InChI=1S/C11H14N4O2/c1-8-10(17-7-15-8)11(16)14-4-2-3-9-12-5-6-13-9/h5-7H,2-4H2,1H3,(H,12,13)(H,14,16). The number of aromatic nitrogens is 3. The molecule has 0 aliphatic heterocycles. The number of aromatic amines is 1. The second-order valence-corrected chi connectivity index (χ2v) is 3.66. The molecule has 2 heterocycles. The highest BCUT2D eigenvalue weighted by Crippen LogP contribution is 2.04. The van der Waals surface area contributed by atoms with Crippen molar-refractivity contribution in [1.29, 1.82) is 0 Å². The molecule has 0 atom stereocenters. The van der Waals surface area contributed by atoms with Gasteiger partial charge in [-0.25, -0.2) is 9.97 Å². The smallest absolute Gasteiger partial charge is 0.288 e. The van der Waals surface area contributed by atoms with E-state index >= 15 is 0 Å². The monoisotopic (exact) mass is 234 g/mol. The van der Waals surface area contributed by atoms with Crippen molar-refractivity contribution in [2.75, 3.05) is 6.54 Å². The number of aryl methyl sites for hydroxylation is 2. The molecule has 2 aromatic rings. The number of hydrogen-bond acceptors (Lipinski definition) is 4. The molecule has 0 aliphatic rings. The van der Waals surface area contributed by atoms with E-state index in [0.717, 1.165) is 18.7 Å². The second-order valence-electron chi connectivity index (χ2n) is 3.66. The van der Waals surface area contributed by atoms with E-state index in [1.807, 2.05) is 0 Å². The zero-order valence-electron chi connectivity index (χ0n) is 9.56. The van der Waals surface area contributed by atoms with Crippen molar-refractivity contribution >= 4 is 5.91 Å². The summed E-state index contributed by atoms with van der Waals surface area (Å²) in [6, 6.07) is 0. The van der Waals surface area contributed by atoms with Gasteiger partial charge in [-0.05, 0) is 13.3 Å². The van der Waals surface area contributed by atoms with E-state index in [1.54, 1.807) is 19.3 Å². The predicted molar refractivity (Wildman–Crippen MR) is 60.5 cm³/mol. The normalized spacial score (nSPS) is 10.4. The molecule has 90 valence electrons. The second kappa shape index (κ2) is 5.29. The van der Waals surface area contributed by atoms with Crippen molar-refractivity contribution in [2.24, 2.45) is 0 Å². The van der Waals surface area contributed by atoms with Crippen LogP contribution in [0.15, 0.2) is 23.2 Å². The van der Waals surface area contributed by atoms with Crippen molar-refractivity contribution in [1.82, 2.24) is 20.3 Å². The molecule has 2 N–H and O–H groups in total. The van der Waals surface area contributed by atoms with Gasteiger partial charge in [-0.15, -0.1) is 0 Å². The van der Waals surface area contributed by atoms with Gasteiger partial charge in [0.05, 0.1) is 5.69 Å². The van der Waals surface area contributed by atoms with Crippen LogP contribution in [0.3, 0.4) is 0 Å². The molecule has 2 aromatic heterocycles. The van der Waals surface area contributed by atoms with Crippen LogP contribution in [-0.4, -0.2) is 27.4 Å². The summed E-state index contributed by atoms with van der Waals surface area (Å²) in [7, 11) is 0. The maximum absolute atomic E-state index is 11.6. The third-order valence-corrected chi connectivity index (χ3v) is 2.38. The van der Waals surface area contributed by atoms with E-state index in [4.69, 9.17) is 4.42 Å². The lowest BCUT2D eigenvalue weighted by Crippen LogP contribution is -2.25. The van der Waals surface area contributed by atoms with E-state index < -0.39 is 0 Å². The Balaban J connectivity index is 1.72. The predicted octanol–water partition coefficient (Wildman–Crippen LogP) is 1.07. The molecule has 0 bridgehead atoms. The fourth-order valence-electron chi connectivity index (χ4n) is 1.49. The maximum atomic E-state index is 11.6. The molecule has 1 amide bonds. The first-order valence-corrected chi connectivity index (χ1v) is 5.44. The van der Waals surface area contributed by atoms with E-state index in [0.29, 0.717) is 12.2 Å². The zero-order chi connectivity index (χ0) is 12.1. The van der Waals surface area contributed by atoms with Gasteiger partial charge in [-0.1, -0.05) is 0 Å². The minimum atomic E-state index is -0.223. The van der Waals surface area contributed by atoms with E-state index in [1.165, 1.54) is 6.39 Å². The van der Waals surface area contributed by atoms with Gasteiger partial charge in [-0.3, -0.25) is 4.79 Å². The minimum absolute atomic E-state index is 0.223. The maximum Gasteiger partial charge on any atom is 0.288 e. The lowest BCUT2D eigenvalue weighted by molar-refractivity contribution is 0.0924. The van der Waals surface area contributed by atoms with Gasteiger partial charge in [0.2, 0.25) is 5.76 Å². The molecule has 0 unspecified atom stereocenters. The van der Waals surface area contributed by atoms with Gasteiger partial charge in [0.25, 0.3) is 5.91 Å². The summed E-state index contributed by atoms with van der Waals surface area (Å²) in [6.45, 7) is 2.32. The molecule has 6 heteroatoms. The number of H-pyrrole nitrogens is 1. The Kier molecular flexibility index (Phi) is 3.54. The Bertz CT molecular complexity index is 475. The number of amides is 1. The number of carbonyl (C=O) groups excluding carboxylic acids is 1. The number of nitrogens with one attached hydrogen (secondary N) is 2. The molecule has 0 aromatic carbocycles. The number of nitrogens with zero attached hydrogens (tertiary/aromatic N) is 2. The fourth-order valence-corrected chi connectivity index (χ4v) is 1.49. The molecule has 0 saturated carbocycles. The van der Waals surface area contributed by atoms with Crippen molar-refractivity contribution in [2.45, 2.75) is 19.8 Å². The molecule has 0 saturated heterocycles. The largest absolute Gasteiger partial charge is 0.438 e. The van der Waals surface area contributed by atoms with Gasteiger partial charge in [0.15, 0.2) is 6.39 Å². The van der Waals surface area contributed by atoms with Gasteiger partial charge >= 0.3 is 0 Å². The number of oxazole rings is 1. The van der Waals surface area contributed by atoms with Gasteiger partial charge in [0, 0.05) is 25.4 Å². The summed E-state index contributed by atoms with van der Waals surface area (Å²) >= 11 is 0. The molecule has 0 aliphatic carbocycles. The fraction of sp³-hybridized carbons (Fsp3) is 0.364. The third-order valence-electron chi connectivity index (χ3n) is 2.38. The van der Waals surface area contributed by atoms with Gasteiger partial charge in [0.1, 0.15) is 5.82 Å². The Morgan fingerprint density at radius 2 is 2.41 bits per heavy atom.